The Balaban J connectivity index is 2.27. The fraction of sp³-hybridized carbons (Fsp3) is 0.615. The van der Waals surface area contributed by atoms with Gasteiger partial charge in [-0.05, 0) is 38.2 Å². The number of carboxylic acids is 1. The van der Waals surface area contributed by atoms with Gasteiger partial charge in [-0.25, -0.2) is 13.2 Å². The van der Waals surface area contributed by atoms with Crippen LogP contribution in [0.4, 0.5) is 0 Å². The van der Waals surface area contributed by atoms with Gasteiger partial charge in [-0.1, -0.05) is 0 Å². The van der Waals surface area contributed by atoms with Crippen molar-refractivity contribution in [2.24, 2.45) is 5.92 Å². The Kier molecular flexibility index (Phi) is 5.03. The predicted octanol–water partition coefficient (Wildman–Crippen LogP) is 1.54. The van der Waals surface area contributed by atoms with Crippen LogP contribution >= 0.6 is 11.3 Å². The standard InChI is InChI=1S/C13H19NO5S2/c1-9-12(7-11(20-9)13(16)17)21(18,19)14-5-2-3-10(8-14)4-6-15/h7,10,15H,2-6,8H2,1H3,(H,16,17). The normalized spacial score (nSPS) is 20.6. The van der Waals surface area contributed by atoms with Crippen LogP contribution in [0.5, 0.6) is 0 Å². The minimum Gasteiger partial charge on any atom is -0.477 e. The maximum absolute atomic E-state index is 12.7. The molecule has 2 N–H and O–H groups in total. The van der Waals surface area contributed by atoms with Crippen molar-refractivity contribution >= 4 is 27.3 Å². The van der Waals surface area contributed by atoms with Crippen molar-refractivity contribution in [3.8, 4) is 0 Å². The number of aryl methyl sites for hydroxylation is 1. The third kappa shape index (κ3) is 3.45. The largest absolute Gasteiger partial charge is 0.477 e. The molecular formula is C13H19NO5S2. The molecule has 2 rings (SSSR count). The number of carbonyl (C=O) groups is 1. The van der Waals surface area contributed by atoms with E-state index in [9.17, 15) is 13.2 Å². The summed E-state index contributed by atoms with van der Waals surface area (Å²) in [6.07, 6.45) is 2.27. The lowest BCUT2D eigenvalue weighted by molar-refractivity contribution is 0.0702. The summed E-state index contributed by atoms with van der Waals surface area (Å²) < 4.78 is 26.8. The summed E-state index contributed by atoms with van der Waals surface area (Å²) in [5.41, 5.74) is 0. The topological polar surface area (TPSA) is 94.9 Å². The first kappa shape index (κ1) is 16.4. The summed E-state index contributed by atoms with van der Waals surface area (Å²) in [5, 5.41) is 18.0. The molecule has 0 aromatic carbocycles. The number of hydrogen-bond donors (Lipinski definition) is 2. The Morgan fingerprint density at radius 1 is 1.52 bits per heavy atom. The highest BCUT2D eigenvalue weighted by Gasteiger charge is 2.32. The minimum absolute atomic E-state index is 0.0370. The van der Waals surface area contributed by atoms with Crippen LogP contribution in [0.2, 0.25) is 0 Å². The fourth-order valence-corrected chi connectivity index (χ4v) is 5.58. The Labute approximate surface area is 128 Å². The van der Waals surface area contributed by atoms with Gasteiger partial charge in [0.1, 0.15) is 4.88 Å². The number of aromatic carboxylic acids is 1. The lowest BCUT2D eigenvalue weighted by Gasteiger charge is -2.31. The first-order valence-electron chi connectivity index (χ1n) is 6.81. The van der Waals surface area contributed by atoms with Crippen LogP contribution in [0.15, 0.2) is 11.0 Å². The molecule has 0 radical (unpaired) electrons. The van der Waals surface area contributed by atoms with Crippen molar-refractivity contribution in [3.05, 3.63) is 15.8 Å². The lowest BCUT2D eigenvalue weighted by atomic mass is 9.97. The molecule has 21 heavy (non-hydrogen) atoms. The van der Waals surface area contributed by atoms with Crippen LogP contribution < -0.4 is 0 Å². The third-order valence-electron chi connectivity index (χ3n) is 3.72. The quantitative estimate of drug-likeness (QED) is 0.852. The number of aliphatic hydroxyl groups excluding tert-OH is 1. The van der Waals surface area contributed by atoms with E-state index in [1.807, 2.05) is 0 Å². The number of piperidine rings is 1. The zero-order valence-electron chi connectivity index (χ0n) is 11.8. The molecule has 1 atom stereocenters. The molecule has 1 aliphatic rings. The number of sulfonamides is 1. The first-order valence-corrected chi connectivity index (χ1v) is 9.06. The summed E-state index contributed by atoms with van der Waals surface area (Å²) in [6, 6.07) is 1.24. The Morgan fingerprint density at radius 3 is 2.81 bits per heavy atom. The molecule has 1 aromatic rings. The molecule has 0 bridgehead atoms. The highest BCUT2D eigenvalue weighted by Crippen LogP contribution is 2.31. The molecule has 1 aliphatic heterocycles. The summed E-state index contributed by atoms with van der Waals surface area (Å²) in [7, 11) is -3.66. The lowest BCUT2D eigenvalue weighted by Crippen LogP contribution is -2.40. The van der Waals surface area contributed by atoms with Crippen LogP contribution in [0.25, 0.3) is 0 Å². The van der Waals surface area contributed by atoms with Crippen LogP contribution in [0.3, 0.4) is 0 Å². The molecule has 2 heterocycles. The Hall–Kier alpha value is -0.960. The molecule has 1 fully saturated rings. The number of hydrogen-bond acceptors (Lipinski definition) is 5. The minimum atomic E-state index is -3.66. The average molecular weight is 333 g/mol. The van der Waals surface area contributed by atoms with E-state index in [1.54, 1.807) is 6.92 Å². The SMILES string of the molecule is Cc1sc(C(=O)O)cc1S(=O)(=O)N1CCCC(CCO)C1. The van der Waals surface area contributed by atoms with Crippen molar-refractivity contribution in [3.63, 3.8) is 0 Å². The van der Waals surface area contributed by atoms with Gasteiger partial charge in [-0.2, -0.15) is 4.31 Å². The van der Waals surface area contributed by atoms with Crippen molar-refractivity contribution < 1.29 is 23.4 Å². The van der Waals surface area contributed by atoms with E-state index in [2.05, 4.69) is 0 Å². The number of nitrogens with zero attached hydrogens (tertiary/aromatic N) is 1. The molecule has 1 saturated heterocycles. The fourth-order valence-electron chi connectivity index (χ4n) is 2.63. The Bertz CT molecular complexity index is 621. The van der Waals surface area contributed by atoms with E-state index in [1.165, 1.54) is 10.4 Å². The maximum Gasteiger partial charge on any atom is 0.345 e. The van der Waals surface area contributed by atoms with Crippen molar-refractivity contribution in [1.82, 2.24) is 4.31 Å². The van der Waals surface area contributed by atoms with Gasteiger partial charge in [0.25, 0.3) is 0 Å². The van der Waals surface area contributed by atoms with E-state index in [4.69, 9.17) is 10.2 Å². The van der Waals surface area contributed by atoms with E-state index in [0.29, 0.717) is 24.4 Å². The van der Waals surface area contributed by atoms with Crippen LogP contribution in [-0.4, -0.2) is 48.6 Å². The van der Waals surface area contributed by atoms with Crippen LogP contribution in [-0.2, 0) is 10.0 Å². The zero-order chi connectivity index (χ0) is 15.6. The van der Waals surface area contributed by atoms with E-state index >= 15 is 0 Å². The van der Waals surface area contributed by atoms with E-state index in [0.717, 1.165) is 24.2 Å². The molecule has 8 heteroatoms. The van der Waals surface area contributed by atoms with Gasteiger partial charge in [0.05, 0.1) is 4.90 Å². The second kappa shape index (κ2) is 6.43. The molecule has 0 saturated carbocycles. The number of carboxylic acid groups (broad SMARTS) is 1. The summed E-state index contributed by atoms with van der Waals surface area (Å²) >= 11 is 0.979. The molecule has 118 valence electrons. The molecular weight excluding hydrogens is 314 g/mol. The summed E-state index contributed by atoms with van der Waals surface area (Å²) in [5.74, 6) is -0.947. The average Bonchev–Trinajstić information content (AvgIpc) is 2.82. The van der Waals surface area contributed by atoms with Gasteiger partial charge < -0.3 is 10.2 Å². The van der Waals surface area contributed by atoms with Gasteiger partial charge in [0.15, 0.2) is 0 Å². The smallest absolute Gasteiger partial charge is 0.345 e. The van der Waals surface area contributed by atoms with Gasteiger partial charge in [0, 0.05) is 24.6 Å². The Morgan fingerprint density at radius 2 is 2.24 bits per heavy atom. The molecule has 0 amide bonds. The summed E-state index contributed by atoms with van der Waals surface area (Å²) in [6.45, 7) is 2.51. The molecule has 1 aromatic heterocycles. The number of aliphatic hydroxyl groups is 1. The zero-order valence-corrected chi connectivity index (χ0v) is 13.4. The molecule has 6 nitrogen and oxygen atoms in total. The van der Waals surface area contributed by atoms with Crippen LogP contribution in [0, 0.1) is 12.8 Å². The summed E-state index contributed by atoms with van der Waals surface area (Å²) in [4.78, 5) is 11.6. The van der Waals surface area contributed by atoms with Gasteiger partial charge in [0.2, 0.25) is 10.0 Å². The molecule has 0 spiro atoms. The highest BCUT2D eigenvalue weighted by atomic mass is 32.2. The van der Waals surface area contributed by atoms with Crippen molar-refractivity contribution in [2.45, 2.75) is 31.1 Å². The molecule has 0 aliphatic carbocycles. The first-order chi connectivity index (χ1) is 9.86. The highest BCUT2D eigenvalue weighted by molar-refractivity contribution is 7.89. The van der Waals surface area contributed by atoms with Gasteiger partial charge in [-0.3, -0.25) is 0 Å². The van der Waals surface area contributed by atoms with Gasteiger partial charge >= 0.3 is 5.97 Å². The number of rotatable bonds is 5. The molecule has 1 unspecified atom stereocenters. The van der Waals surface area contributed by atoms with Crippen LogP contribution in [0.1, 0.15) is 33.8 Å². The second-order valence-corrected chi connectivity index (χ2v) is 8.38. The second-order valence-electron chi connectivity index (χ2n) is 5.22. The predicted molar refractivity (Wildman–Crippen MR) is 79.2 cm³/mol. The number of thiophene rings is 1. The monoisotopic (exact) mass is 333 g/mol. The van der Waals surface area contributed by atoms with Crippen molar-refractivity contribution in [2.75, 3.05) is 19.7 Å². The third-order valence-corrected chi connectivity index (χ3v) is 6.88. The van der Waals surface area contributed by atoms with Gasteiger partial charge in [-0.15, -0.1) is 11.3 Å². The van der Waals surface area contributed by atoms with Crippen molar-refractivity contribution in [1.29, 1.82) is 0 Å². The maximum atomic E-state index is 12.7. The van der Waals surface area contributed by atoms with E-state index in [-0.39, 0.29) is 22.3 Å². The van der Waals surface area contributed by atoms with E-state index < -0.39 is 16.0 Å².